The number of ketones is 1. The largest absolute Gasteiger partial charge is 0.496 e. The van der Waals surface area contributed by atoms with Crippen molar-refractivity contribution in [3.05, 3.63) is 30.0 Å². The zero-order valence-corrected chi connectivity index (χ0v) is 16.0. The van der Waals surface area contributed by atoms with Gasteiger partial charge in [-0.15, -0.1) is 0 Å². The fourth-order valence-electron chi connectivity index (χ4n) is 4.01. The summed E-state index contributed by atoms with van der Waals surface area (Å²) < 4.78 is 27.6. The van der Waals surface area contributed by atoms with Crippen molar-refractivity contribution in [3.63, 3.8) is 0 Å². The number of Topliss-reactive ketones (excluding diaryl/α,β-unsaturated/α-hetero) is 1. The number of methoxy groups -OCH3 is 1. The van der Waals surface area contributed by atoms with Gasteiger partial charge in [0.1, 0.15) is 19.3 Å². The first kappa shape index (κ1) is 18.8. The molecule has 4 rings (SSSR count). The van der Waals surface area contributed by atoms with Crippen LogP contribution in [0.2, 0.25) is 0 Å². The molecule has 3 aliphatic rings. The standard InChI is InChI=1S/C21H24O7/c1-12(21(23)24-2)28-14-4-5-15-18(10-14)27-11-16(20(15)22)13-3-6-17-19(9-13)26-8-7-25-17/h3,6,9,11-12,14-15,18H,4-5,7-8,10H2,1-2H3. The third-order valence-electron chi connectivity index (χ3n) is 5.49. The van der Waals surface area contributed by atoms with Gasteiger partial charge in [-0.3, -0.25) is 4.79 Å². The molecule has 4 unspecified atom stereocenters. The van der Waals surface area contributed by atoms with Gasteiger partial charge in [-0.1, -0.05) is 6.07 Å². The quantitative estimate of drug-likeness (QED) is 0.733. The average Bonchev–Trinajstić information content (AvgIpc) is 2.73. The van der Waals surface area contributed by atoms with Crippen LogP contribution in [0.4, 0.5) is 0 Å². The summed E-state index contributed by atoms with van der Waals surface area (Å²) in [5.74, 6) is 0.806. The molecule has 1 fully saturated rings. The van der Waals surface area contributed by atoms with E-state index in [9.17, 15) is 9.59 Å². The van der Waals surface area contributed by atoms with Crippen molar-refractivity contribution in [3.8, 4) is 11.5 Å². The van der Waals surface area contributed by atoms with Crippen LogP contribution >= 0.6 is 0 Å². The Kier molecular flexibility index (Phi) is 5.26. The molecule has 1 aromatic rings. The smallest absolute Gasteiger partial charge is 0.334 e. The Hall–Kier alpha value is -2.54. The highest BCUT2D eigenvalue weighted by atomic mass is 16.6. The van der Waals surface area contributed by atoms with Gasteiger partial charge in [0.2, 0.25) is 0 Å². The SMILES string of the molecule is COC(=O)C(C)OC1CCC2C(=O)C(c3ccc4c(c3)OCCO4)=COC2C1. The van der Waals surface area contributed by atoms with Crippen LogP contribution in [0.3, 0.4) is 0 Å². The third kappa shape index (κ3) is 3.58. The van der Waals surface area contributed by atoms with E-state index in [2.05, 4.69) is 0 Å². The highest BCUT2D eigenvalue weighted by molar-refractivity contribution is 6.22. The highest BCUT2D eigenvalue weighted by Crippen LogP contribution is 2.39. The topological polar surface area (TPSA) is 80.3 Å². The number of rotatable bonds is 4. The van der Waals surface area contributed by atoms with Gasteiger partial charge in [-0.05, 0) is 37.5 Å². The van der Waals surface area contributed by atoms with Crippen LogP contribution in [-0.4, -0.2) is 50.4 Å². The second-order valence-electron chi connectivity index (χ2n) is 7.27. The number of carbonyl (C=O) groups is 2. The Morgan fingerprint density at radius 2 is 1.96 bits per heavy atom. The number of benzene rings is 1. The maximum atomic E-state index is 13.1. The van der Waals surface area contributed by atoms with Crippen molar-refractivity contribution in [1.82, 2.24) is 0 Å². The third-order valence-corrected chi connectivity index (χ3v) is 5.49. The predicted molar refractivity (Wildman–Crippen MR) is 99.0 cm³/mol. The van der Waals surface area contributed by atoms with Gasteiger partial charge in [-0.2, -0.15) is 0 Å². The molecule has 1 aromatic carbocycles. The number of esters is 1. The van der Waals surface area contributed by atoms with E-state index in [0.29, 0.717) is 49.5 Å². The van der Waals surface area contributed by atoms with Crippen LogP contribution in [-0.2, 0) is 23.8 Å². The van der Waals surface area contributed by atoms with Crippen LogP contribution in [0.25, 0.3) is 5.57 Å². The molecule has 2 heterocycles. The van der Waals surface area contributed by atoms with E-state index < -0.39 is 12.1 Å². The normalized spacial score (nSPS) is 27.1. The summed E-state index contributed by atoms with van der Waals surface area (Å²) in [7, 11) is 1.34. The molecule has 0 saturated heterocycles. The summed E-state index contributed by atoms with van der Waals surface area (Å²) in [6, 6.07) is 5.51. The lowest BCUT2D eigenvalue weighted by molar-refractivity contribution is -0.161. The molecular weight excluding hydrogens is 364 g/mol. The number of fused-ring (bicyclic) bond motifs is 2. The molecular formula is C21H24O7. The molecule has 7 nitrogen and oxygen atoms in total. The minimum absolute atomic E-state index is 0.0763. The van der Waals surface area contributed by atoms with Gasteiger partial charge in [0, 0.05) is 6.42 Å². The van der Waals surface area contributed by atoms with E-state index in [-0.39, 0.29) is 23.9 Å². The molecule has 2 aliphatic heterocycles. The summed E-state index contributed by atoms with van der Waals surface area (Å²) in [6.45, 7) is 2.69. The maximum Gasteiger partial charge on any atom is 0.334 e. The van der Waals surface area contributed by atoms with E-state index in [0.717, 1.165) is 5.56 Å². The van der Waals surface area contributed by atoms with Crippen molar-refractivity contribution in [2.24, 2.45) is 5.92 Å². The number of hydrogen-bond acceptors (Lipinski definition) is 7. The Morgan fingerprint density at radius 1 is 1.18 bits per heavy atom. The van der Waals surface area contributed by atoms with Crippen molar-refractivity contribution >= 4 is 17.3 Å². The van der Waals surface area contributed by atoms with Gasteiger partial charge in [0.05, 0.1) is 31.0 Å². The zero-order valence-electron chi connectivity index (χ0n) is 16.0. The zero-order chi connectivity index (χ0) is 19.7. The van der Waals surface area contributed by atoms with Crippen LogP contribution in [0.15, 0.2) is 24.5 Å². The first-order valence-electron chi connectivity index (χ1n) is 9.60. The highest BCUT2D eigenvalue weighted by Gasteiger charge is 2.41. The molecule has 0 spiro atoms. The molecule has 4 atom stereocenters. The molecule has 0 N–H and O–H groups in total. The lowest BCUT2D eigenvalue weighted by Crippen LogP contribution is -2.42. The summed E-state index contributed by atoms with van der Waals surface area (Å²) in [5, 5.41) is 0. The summed E-state index contributed by atoms with van der Waals surface area (Å²) >= 11 is 0. The van der Waals surface area contributed by atoms with Gasteiger partial charge >= 0.3 is 5.97 Å². The fourth-order valence-corrected chi connectivity index (χ4v) is 4.01. The Bertz CT molecular complexity index is 800. The molecule has 1 saturated carbocycles. The molecule has 7 heteroatoms. The summed E-state index contributed by atoms with van der Waals surface area (Å²) in [4.78, 5) is 24.6. The number of ether oxygens (including phenoxy) is 5. The molecule has 0 amide bonds. The van der Waals surface area contributed by atoms with Crippen molar-refractivity contribution in [2.75, 3.05) is 20.3 Å². The first-order valence-corrected chi connectivity index (χ1v) is 9.60. The van der Waals surface area contributed by atoms with E-state index in [1.165, 1.54) is 7.11 Å². The Morgan fingerprint density at radius 3 is 2.75 bits per heavy atom. The van der Waals surface area contributed by atoms with Crippen LogP contribution < -0.4 is 9.47 Å². The number of carbonyl (C=O) groups excluding carboxylic acids is 2. The molecule has 28 heavy (non-hydrogen) atoms. The van der Waals surface area contributed by atoms with Gasteiger partial charge in [0.15, 0.2) is 23.4 Å². The van der Waals surface area contributed by atoms with E-state index >= 15 is 0 Å². The minimum Gasteiger partial charge on any atom is -0.496 e. The Balaban J connectivity index is 1.46. The number of allylic oxidation sites excluding steroid dienone is 1. The molecule has 150 valence electrons. The maximum absolute atomic E-state index is 13.1. The monoisotopic (exact) mass is 388 g/mol. The van der Waals surface area contributed by atoms with Gasteiger partial charge in [-0.25, -0.2) is 4.79 Å². The Labute approximate surface area is 163 Å². The first-order chi connectivity index (χ1) is 13.6. The van der Waals surface area contributed by atoms with E-state index in [1.807, 2.05) is 18.2 Å². The molecule has 0 bridgehead atoms. The number of hydrogen-bond donors (Lipinski definition) is 0. The van der Waals surface area contributed by atoms with Crippen LogP contribution in [0.5, 0.6) is 11.5 Å². The molecule has 0 radical (unpaired) electrons. The van der Waals surface area contributed by atoms with Crippen molar-refractivity contribution in [1.29, 1.82) is 0 Å². The van der Waals surface area contributed by atoms with Crippen LogP contribution in [0, 0.1) is 5.92 Å². The summed E-state index contributed by atoms with van der Waals surface area (Å²) in [5.41, 5.74) is 1.32. The van der Waals surface area contributed by atoms with E-state index in [1.54, 1.807) is 13.2 Å². The lowest BCUT2D eigenvalue weighted by Gasteiger charge is -2.38. The predicted octanol–water partition coefficient (Wildman–Crippen LogP) is 2.51. The fraction of sp³-hybridized carbons (Fsp3) is 0.524. The lowest BCUT2D eigenvalue weighted by atomic mass is 9.78. The van der Waals surface area contributed by atoms with Crippen molar-refractivity contribution < 1.29 is 33.3 Å². The second-order valence-corrected chi connectivity index (χ2v) is 7.27. The van der Waals surface area contributed by atoms with Crippen molar-refractivity contribution in [2.45, 2.75) is 44.5 Å². The molecule has 0 aromatic heterocycles. The van der Waals surface area contributed by atoms with Gasteiger partial charge in [0.25, 0.3) is 0 Å². The molecule has 1 aliphatic carbocycles. The average molecular weight is 388 g/mol. The summed E-state index contributed by atoms with van der Waals surface area (Å²) in [6.07, 6.45) is 2.47. The van der Waals surface area contributed by atoms with Crippen LogP contribution in [0.1, 0.15) is 31.7 Å². The second kappa shape index (κ2) is 7.83. The van der Waals surface area contributed by atoms with E-state index in [4.69, 9.17) is 23.7 Å². The van der Waals surface area contributed by atoms with Gasteiger partial charge < -0.3 is 23.7 Å². The minimum atomic E-state index is -0.630.